The normalized spacial score (nSPS) is 10.1. The summed E-state index contributed by atoms with van der Waals surface area (Å²) in [5, 5.41) is 12.4. The van der Waals surface area contributed by atoms with Gasteiger partial charge in [-0.15, -0.1) is 0 Å². The number of methoxy groups -OCH3 is 1. The third-order valence-electron chi connectivity index (χ3n) is 3.55. The monoisotopic (exact) mass is 327 g/mol. The van der Waals surface area contributed by atoms with Crippen LogP contribution < -0.4 is 14.8 Å². The number of aromatic carboxylic acids is 1. The molecule has 0 spiro atoms. The van der Waals surface area contributed by atoms with E-state index in [0.29, 0.717) is 24.7 Å². The van der Waals surface area contributed by atoms with Gasteiger partial charge in [-0.2, -0.15) is 0 Å². The minimum absolute atomic E-state index is 0.258. The van der Waals surface area contributed by atoms with E-state index in [2.05, 4.69) is 11.9 Å². The molecule has 24 heavy (non-hydrogen) atoms. The van der Waals surface area contributed by atoms with Crippen LogP contribution >= 0.6 is 0 Å². The number of aryl methyl sites for hydroxylation is 1. The first-order valence-electron chi connectivity index (χ1n) is 7.53. The van der Waals surface area contributed by atoms with Crippen LogP contribution in [0, 0.1) is 6.92 Å². The first kappa shape index (κ1) is 17.4. The molecule has 0 aromatic heterocycles. The number of ether oxygens (including phenoxy) is 2. The average Bonchev–Trinajstić information content (AvgIpc) is 2.59. The van der Waals surface area contributed by atoms with Crippen molar-refractivity contribution in [1.29, 1.82) is 0 Å². The maximum absolute atomic E-state index is 11.1. The fraction of sp³-hybridized carbons (Fsp3) is 0.211. The van der Waals surface area contributed by atoms with Gasteiger partial charge in [0.15, 0.2) is 11.5 Å². The van der Waals surface area contributed by atoms with Crippen LogP contribution in [0.15, 0.2) is 49.1 Å². The highest BCUT2D eigenvalue weighted by molar-refractivity contribution is 5.89. The van der Waals surface area contributed by atoms with E-state index in [1.54, 1.807) is 31.4 Å². The molecule has 0 amide bonds. The highest BCUT2D eigenvalue weighted by atomic mass is 16.5. The number of benzene rings is 2. The summed E-state index contributed by atoms with van der Waals surface area (Å²) in [5.74, 6) is 0.362. The first-order chi connectivity index (χ1) is 11.5. The molecule has 0 fully saturated rings. The van der Waals surface area contributed by atoms with Gasteiger partial charge in [0.25, 0.3) is 0 Å². The van der Waals surface area contributed by atoms with Gasteiger partial charge in [0.2, 0.25) is 0 Å². The van der Waals surface area contributed by atoms with Crippen molar-refractivity contribution in [2.24, 2.45) is 0 Å². The Morgan fingerprint density at radius 3 is 2.71 bits per heavy atom. The van der Waals surface area contributed by atoms with Gasteiger partial charge >= 0.3 is 5.97 Å². The minimum atomic E-state index is -0.941. The van der Waals surface area contributed by atoms with Gasteiger partial charge in [0.05, 0.1) is 12.7 Å². The predicted molar refractivity (Wildman–Crippen MR) is 94.2 cm³/mol. The van der Waals surface area contributed by atoms with E-state index in [4.69, 9.17) is 14.6 Å². The number of hydrogen-bond donors (Lipinski definition) is 2. The standard InChI is InChI=1S/C19H21NO4/c1-4-9-24-17-8-6-14(10-18(17)23-3)12-20-16-11-15(19(21)22)7-5-13(16)2/h4-8,10-11,20H,1,9,12H2,2-3H3,(H,21,22). The lowest BCUT2D eigenvalue weighted by Gasteiger charge is -2.13. The first-order valence-corrected chi connectivity index (χ1v) is 7.53. The Labute approximate surface area is 141 Å². The third-order valence-corrected chi connectivity index (χ3v) is 3.55. The summed E-state index contributed by atoms with van der Waals surface area (Å²) in [4.78, 5) is 11.1. The lowest BCUT2D eigenvalue weighted by molar-refractivity contribution is 0.0697. The number of carbonyl (C=O) groups is 1. The zero-order valence-corrected chi connectivity index (χ0v) is 13.8. The SMILES string of the molecule is C=CCOc1ccc(CNc2cc(C(=O)O)ccc2C)cc1OC. The quantitative estimate of drug-likeness (QED) is 0.720. The summed E-state index contributed by atoms with van der Waals surface area (Å²) in [6, 6.07) is 10.7. The van der Waals surface area contributed by atoms with E-state index in [-0.39, 0.29) is 5.56 Å². The van der Waals surface area contributed by atoms with Crippen LogP contribution in [0.5, 0.6) is 11.5 Å². The molecule has 0 unspecified atom stereocenters. The van der Waals surface area contributed by atoms with Gasteiger partial charge in [0, 0.05) is 12.2 Å². The van der Waals surface area contributed by atoms with Gasteiger partial charge < -0.3 is 19.9 Å². The smallest absolute Gasteiger partial charge is 0.335 e. The Kier molecular flexibility index (Phi) is 5.84. The molecule has 2 N–H and O–H groups in total. The number of rotatable bonds is 8. The largest absolute Gasteiger partial charge is 0.493 e. The van der Waals surface area contributed by atoms with Gasteiger partial charge in [-0.25, -0.2) is 4.79 Å². The van der Waals surface area contributed by atoms with Gasteiger partial charge in [-0.05, 0) is 42.3 Å². The Bertz CT molecular complexity index is 740. The molecule has 0 aliphatic heterocycles. The van der Waals surface area contributed by atoms with Crippen molar-refractivity contribution in [2.75, 3.05) is 19.0 Å². The van der Waals surface area contributed by atoms with E-state index >= 15 is 0 Å². The molecular weight excluding hydrogens is 306 g/mol. The molecule has 0 saturated carbocycles. The van der Waals surface area contributed by atoms with Crippen molar-refractivity contribution < 1.29 is 19.4 Å². The summed E-state index contributed by atoms with van der Waals surface area (Å²) >= 11 is 0. The number of anilines is 1. The molecule has 5 nitrogen and oxygen atoms in total. The topological polar surface area (TPSA) is 67.8 Å². The Hall–Kier alpha value is -2.95. The molecule has 0 atom stereocenters. The zero-order valence-electron chi connectivity index (χ0n) is 13.8. The molecule has 0 aliphatic carbocycles. The molecule has 0 heterocycles. The number of nitrogens with one attached hydrogen (secondary N) is 1. The molecule has 0 saturated heterocycles. The molecule has 2 aromatic rings. The number of hydrogen-bond acceptors (Lipinski definition) is 4. The summed E-state index contributed by atoms with van der Waals surface area (Å²) in [7, 11) is 1.59. The Morgan fingerprint density at radius 1 is 1.25 bits per heavy atom. The van der Waals surface area contributed by atoms with E-state index < -0.39 is 5.97 Å². The van der Waals surface area contributed by atoms with Crippen molar-refractivity contribution in [3.8, 4) is 11.5 Å². The second kappa shape index (κ2) is 8.06. The Morgan fingerprint density at radius 2 is 2.04 bits per heavy atom. The van der Waals surface area contributed by atoms with Crippen molar-refractivity contribution in [3.05, 3.63) is 65.7 Å². The molecular formula is C19H21NO4. The fourth-order valence-electron chi connectivity index (χ4n) is 2.23. The number of carboxylic acid groups (broad SMARTS) is 1. The predicted octanol–water partition coefficient (Wildman–Crippen LogP) is 3.88. The molecule has 0 aliphatic rings. The summed E-state index contributed by atoms with van der Waals surface area (Å²) in [5.41, 5.74) is 3.03. The van der Waals surface area contributed by atoms with Gasteiger partial charge in [-0.3, -0.25) is 0 Å². The van der Waals surface area contributed by atoms with Gasteiger partial charge in [-0.1, -0.05) is 24.8 Å². The minimum Gasteiger partial charge on any atom is -0.493 e. The highest BCUT2D eigenvalue weighted by Crippen LogP contribution is 2.28. The van der Waals surface area contributed by atoms with E-state index in [0.717, 1.165) is 16.8 Å². The van der Waals surface area contributed by atoms with Crippen LogP contribution in [0.1, 0.15) is 21.5 Å². The lowest BCUT2D eigenvalue weighted by atomic mass is 10.1. The Balaban J connectivity index is 2.13. The second-order valence-corrected chi connectivity index (χ2v) is 5.27. The van der Waals surface area contributed by atoms with Crippen molar-refractivity contribution in [3.63, 3.8) is 0 Å². The second-order valence-electron chi connectivity index (χ2n) is 5.27. The van der Waals surface area contributed by atoms with Crippen LogP contribution in [0.25, 0.3) is 0 Å². The third kappa shape index (κ3) is 4.29. The molecule has 2 rings (SSSR count). The summed E-state index contributed by atoms with van der Waals surface area (Å²) in [6.07, 6.45) is 1.67. The zero-order chi connectivity index (χ0) is 17.5. The summed E-state index contributed by atoms with van der Waals surface area (Å²) in [6.45, 7) is 6.51. The molecule has 126 valence electrons. The molecule has 0 radical (unpaired) electrons. The van der Waals surface area contributed by atoms with Crippen LogP contribution in [-0.2, 0) is 6.54 Å². The van der Waals surface area contributed by atoms with E-state index in [1.807, 2.05) is 25.1 Å². The average molecular weight is 327 g/mol. The molecule has 5 heteroatoms. The van der Waals surface area contributed by atoms with Crippen LogP contribution in [0.2, 0.25) is 0 Å². The van der Waals surface area contributed by atoms with Crippen molar-refractivity contribution in [2.45, 2.75) is 13.5 Å². The molecule has 0 bridgehead atoms. The molecule has 2 aromatic carbocycles. The van der Waals surface area contributed by atoms with Crippen molar-refractivity contribution >= 4 is 11.7 Å². The van der Waals surface area contributed by atoms with Crippen molar-refractivity contribution in [1.82, 2.24) is 0 Å². The van der Waals surface area contributed by atoms with Gasteiger partial charge in [0.1, 0.15) is 6.61 Å². The van der Waals surface area contributed by atoms with Crippen LogP contribution in [0.4, 0.5) is 5.69 Å². The maximum atomic E-state index is 11.1. The highest BCUT2D eigenvalue weighted by Gasteiger charge is 2.08. The van der Waals surface area contributed by atoms with Crippen LogP contribution in [-0.4, -0.2) is 24.8 Å². The lowest BCUT2D eigenvalue weighted by Crippen LogP contribution is -2.04. The maximum Gasteiger partial charge on any atom is 0.335 e. The van der Waals surface area contributed by atoms with E-state index in [9.17, 15) is 4.79 Å². The number of carboxylic acids is 1. The fourth-order valence-corrected chi connectivity index (χ4v) is 2.23. The van der Waals surface area contributed by atoms with Crippen LogP contribution in [0.3, 0.4) is 0 Å². The summed E-state index contributed by atoms with van der Waals surface area (Å²) < 4.78 is 10.9. The van der Waals surface area contributed by atoms with E-state index in [1.165, 1.54) is 0 Å².